The van der Waals surface area contributed by atoms with Crippen LogP contribution in [0.4, 0.5) is 0 Å². The third-order valence-corrected chi connectivity index (χ3v) is 6.45. The second kappa shape index (κ2) is 7.48. The lowest BCUT2D eigenvalue weighted by Gasteiger charge is -2.35. The molecule has 152 valence electrons. The second-order valence-electron chi connectivity index (χ2n) is 8.05. The van der Waals surface area contributed by atoms with E-state index in [-0.39, 0.29) is 23.1 Å². The number of furan rings is 1. The van der Waals surface area contributed by atoms with Crippen molar-refractivity contribution < 1.29 is 14.0 Å². The van der Waals surface area contributed by atoms with Crippen LogP contribution in [-0.2, 0) is 10.2 Å². The maximum absolute atomic E-state index is 13.4. The quantitative estimate of drug-likeness (QED) is 0.673. The lowest BCUT2D eigenvalue weighted by molar-refractivity contribution is -0.134. The first-order valence-electron chi connectivity index (χ1n) is 10.4. The predicted octanol–water partition coefficient (Wildman–Crippen LogP) is 3.57. The molecule has 0 spiro atoms. The fourth-order valence-corrected chi connectivity index (χ4v) is 4.74. The van der Waals surface area contributed by atoms with Gasteiger partial charge in [-0.3, -0.25) is 9.59 Å². The number of piperazine rings is 1. The molecule has 2 aromatic carbocycles. The first-order valence-corrected chi connectivity index (χ1v) is 10.4. The monoisotopic (exact) mass is 400 g/mol. The summed E-state index contributed by atoms with van der Waals surface area (Å²) in [5.74, 6) is 0.369. The average molecular weight is 400 g/mol. The number of nitrogens with zero attached hydrogens (tertiary/aromatic N) is 2. The summed E-state index contributed by atoms with van der Waals surface area (Å²) < 4.78 is 5.22. The molecule has 2 heterocycles. The summed E-state index contributed by atoms with van der Waals surface area (Å²) in [5.41, 5.74) is 2.14. The van der Waals surface area contributed by atoms with Crippen molar-refractivity contribution in [2.45, 2.75) is 11.8 Å². The van der Waals surface area contributed by atoms with E-state index in [0.29, 0.717) is 31.9 Å². The Bertz CT molecular complexity index is 983. The summed E-state index contributed by atoms with van der Waals surface area (Å²) in [6, 6.07) is 24.1. The van der Waals surface area contributed by atoms with Gasteiger partial charge in [-0.25, -0.2) is 0 Å². The minimum Gasteiger partial charge on any atom is -0.459 e. The maximum Gasteiger partial charge on any atom is 0.289 e. The van der Waals surface area contributed by atoms with E-state index in [0.717, 1.165) is 6.42 Å². The summed E-state index contributed by atoms with van der Waals surface area (Å²) in [4.78, 5) is 29.6. The highest BCUT2D eigenvalue weighted by Gasteiger charge is 2.61. The summed E-state index contributed by atoms with van der Waals surface area (Å²) in [6.07, 6.45) is 2.33. The van der Waals surface area contributed by atoms with Gasteiger partial charge in [0.05, 0.1) is 12.2 Å². The van der Waals surface area contributed by atoms with Gasteiger partial charge in [0.15, 0.2) is 5.76 Å². The van der Waals surface area contributed by atoms with Crippen LogP contribution in [0.1, 0.15) is 28.1 Å². The van der Waals surface area contributed by atoms with Gasteiger partial charge in [0.2, 0.25) is 5.91 Å². The second-order valence-corrected chi connectivity index (χ2v) is 8.05. The Labute approximate surface area is 175 Å². The third-order valence-electron chi connectivity index (χ3n) is 6.45. The van der Waals surface area contributed by atoms with Gasteiger partial charge < -0.3 is 14.2 Å². The molecular weight excluding hydrogens is 376 g/mol. The topological polar surface area (TPSA) is 53.8 Å². The van der Waals surface area contributed by atoms with Crippen molar-refractivity contribution in [1.82, 2.24) is 9.80 Å². The molecule has 2 fully saturated rings. The molecule has 1 saturated carbocycles. The first-order chi connectivity index (χ1) is 14.7. The van der Waals surface area contributed by atoms with Gasteiger partial charge in [0.25, 0.3) is 5.91 Å². The number of hydrogen-bond acceptors (Lipinski definition) is 3. The van der Waals surface area contributed by atoms with Crippen molar-refractivity contribution in [3.05, 3.63) is 95.9 Å². The van der Waals surface area contributed by atoms with Gasteiger partial charge in [-0.05, 0) is 29.7 Å². The van der Waals surface area contributed by atoms with E-state index in [1.807, 2.05) is 41.3 Å². The van der Waals surface area contributed by atoms with Crippen molar-refractivity contribution in [2.24, 2.45) is 5.92 Å². The van der Waals surface area contributed by atoms with Gasteiger partial charge >= 0.3 is 0 Å². The highest BCUT2D eigenvalue weighted by molar-refractivity contribution is 5.92. The molecule has 1 atom stereocenters. The minimum atomic E-state index is -0.249. The molecule has 1 aromatic heterocycles. The predicted molar refractivity (Wildman–Crippen MR) is 113 cm³/mol. The molecular formula is C25H24N2O3. The van der Waals surface area contributed by atoms with Crippen molar-refractivity contribution in [1.29, 1.82) is 0 Å². The molecule has 1 unspecified atom stereocenters. The van der Waals surface area contributed by atoms with Crippen LogP contribution >= 0.6 is 0 Å². The van der Waals surface area contributed by atoms with E-state index in [1.165, 1.54) is 17.4 Å². The average Bonchev–Trinajstić information content (AvgIpc) is 3.34. The van der Waals surface area contributed by atoms with Crippen molar-refractivity contribution in [3.8, 4) is 0 Å². The van der Waals surface area contributed by atoms with E-state index < -0.39 is 0 Å². The zero-order valence-electron chi connectivity index (χ0n) is 16.7. The Morgan fingerprint density at radius 1 is 0.767 bits per heavy atom. The van der Waals surface area contributed by atoms with Crippen LogP contribution in [0.25, 0.3) is 0 Å². The smallest absolute Gasteiger partial charge is 0.289 e. The normalized spacial score (nSPS) is 20.1. The Kier molecular flexibility index (Phi) is 4.66. The zero-order valence-corrected chi connectivity index (χ0v) is 16.7. The van der Waals surface area contributed by atoms with Gasteiger partial charge in [-0.15, -0.1) is 0 Å². The summed E-state index contributed by atoms with van der Waals surface area (Å²) in [5, 5.41) is 0. The summed E-state index contributed by atoms with van der Waals surface area (Å²) >= 11 is 0. The lowest BCUT2D eigenvalue weighted by Crippen LogP contribution is -2.51. The standard InChI is InChI=1S/C25H24N2O3/c28-23(26-13-15-27(16-14-26)24(29)22-12-7-17-30-22)21-18-25(21,19-8-3-1-4-9-19)20-10-5-2-6-11-20/h1-12,17,21H,13-16,18H2. The van der Waals surface area contributed by atoms with Crippen molar-refractivity contribution in [3.63, 3.8) is 0 Å². The third kappa shape index (κ3) is 3.11. The van der Waals surface area contributed by atoms with Crippen LogP contribution in [0.3, 0.4) is 0 Å². The molecule has 1 aliphatic carbocycles. The fourth-order valence-electron chi connectivity index (χ4n) is 4.74. The lowest BCUT2D eigenvalue weighted by atomic mass is 9.85. The Morgan fingerprint density at radius 2 is 1.33 bits per heavy atom. The molecule has 30 heavy (non-hydrogen) atoms. The molecule has 0 bridgehead atoms. The van der Waals surface area contributed by atoms with Crippen LogP contribution in [0, 0.1) is 5.92 Å². The van der Waals surface area contributed by atoms with Gasteiger partial charge in [-0.1, -0.05) is 60.7 Å². The molecule has 5 rings (SSSR count). The number of rotatable bonds is 4. The molecule has 2 amide bonds. The highest BCUT2D eigenvalue weighted by atomic mass is 16.3. The van der Waals surface area contributed by atoms with E-state index >= 15 is 0 Å². The minimum absolute atomic E-state index is 0.0605. The Balaban J connectivity index is 1.32. The maximum atomic E-state index is 13.4. The van der Waals surface area contributed by atoms with Crippen LogP contribution in [0.2, 0.25) is 0 Å². The van der Waals surface area contributed by atoms with Crippen LogP contribution < -0.4 is 0 Å². The SMILES string of the molecule is O=C(c1ccco1)N1CCN(C(=O)C2CC2(c2ccccc2)c2ccccc2)CC1. The van der Waals surface area contributed by atoms with Crippen molar-refractivity contribution in [2.75, 3.05) is 26.2 Å². The van der Waals surface area contributed by atoms with E-state index in [9.17, 15) is 9.59 Å². The van der Waals surface area contributed by atoms with E-state index in [1.54, 1.807) is 17.0 Å². The zero-order chi connectivity index (χ0) is 20.6. The largest absolute Gasteiger partial charge is 0.459 e. The number of hydrogen-bond donors (Lipinski definition) is 0. The van der Waals surface area contributed by atoms with Gasteiger partial charge in [-0.2, -0.15) is 0 Å². The van der Waals surface area contributed by atoms with Crippen molar-refractivity contribution >= 4 is 11.8 Å². The molecule has 3 aromatic rings. The molecule has 2 aliphatic rings. The van der Waals surface area contributed by atoms with Crippen LogP contribution in [0.5, 0.6) is 0 Å². The van der Waals surface area contributed by atoms with Crippen LogP contribution in [0.15, 0.2) is 83.5 Å². The van der Waals surface area contributed by atoms with Crippen LogP contribution in [-0.4, -0.2) is 47.8 Å². The molecule has 1 saturated heterocycles. The molecule has 1 aliphatic heterocycles. The van der Waals surface area contributed by atoms with E-state index in [4.69, 9.17) is 4.42 Å². The summed E-state index contributed by atoms with van der Waals surface area (Å²) in [6.45, 7) is 2.17. The fraction of sp³-hybridized carbons (Fsp3) is 0.280. The number of carbonyl (C=O) groups excluding carboxylic acids is 2. The first kappa shape index (κ1) is 18.7. The number of carbonyl (C=O) groups is 2. The van der Waals surface area contributed by atoms with Gasteiger partial charge in [0, 0.05) is 31.6 Å². The Hall–Kier alpha value is -3.34. The number of benzene rings is 2. The van der Waals surface area contributed by atoms with Gasteiger partial charge in [0.1, 0.15) is 0 Å². The molecule has 0 radical (unpaired) electrons. The molecule has 5 heteroatoms. The molecule has 0 N–H and O–H groups in total. The Morgan fingerprint density at radius 3 is 1.87 bits per heavy atom. The summed E-state index contributed by atoms with van der Waals surface area (Å²) in [7, 11) is 0. The van der Waals surface area contributed by atoms with E-state index in [2.05, 4.69) is 24.3 Å². The number of amides is 2. The molecule has 5 nitrogen and oxygen atoms in total. The highest BCUT2D eigenvalue weighted by Crippen LogP contribution is 2.59.